The predicted molar refractivity (Wildman–Crippen MR) is 114 cm³/mol. The van der Waals surface area contributed by atoms with E-state index in [1.165, 1.54) is 12.1 Å². The number of nitrogens with zero attached hydrogens (tertiary/aromatic N) is 2. The topological polar surface area (TPSA) is 43.8 Å². The maximum absolute atomic E-state index is 13.1. The molecule has 8 heteroatoms. The zero-order valence-electron chi connectivity index (χ0n) is 17.8. The molecule has 1 aromatic heterocycles. The summed E-state index contributed by atoms with van der Waals surface area (Å²) in [5.41, 5.74) is 2.40. The number of aromatic nitrogens is 1. The van der Waals surface area contributed by atoms with Gasteiger partial charge in [-0.05, 0) is 29.8 Å². The molecule has 0 aliphatic carbocycles. The maximum atomic E-state index is 13.1. The fraction of sp³-hybridized carbons (Fsp3) is 0.292. The van der Waals surface area contributed by atoms with Crippen LogP contribution in [0.15, 0.2) is 54.6 Å². The molecule has 0 N–H and O–H groups in total. The van der Waals surface area contributed by atoms with Crippen molar-refractivity contribution < 1.29 is 27.4 Å². The zero-order valence-corrected chi connectivity index (χ0v) is 17.8. The highest BCUT2D eigenvalue weighted by Gasteiger charge is 2.30. The lowest BCUT2D eigenvalue weighted by Gasteiger charge is -2.20. The molecule has 1 aliphatic rings. The molecule has 4 rings (SSSR count). The van der Waals surface area contributed by atoms with Gasteiger partial charge in [0.2, 0.25) is 5.88 Å². The van der Waals surface area contributed by atoms with Gasteiger partial charge in [-0.2, -0.15) is 13.2 Å². The Balaban J connectivity index is 1.64. The first-order valence-corrected chi connectivity index (χ1v) is 10.1. The molecule has 2 heterocycles. The number of rotatable bonds is 5. The largest absolute Gasteiger partial charge is 0.493 e. The van der Waals surface area contributed by atoms with Gasteiger partial charge in [-0.3, -0.25) is 4.90 Å². The molecule has 0 bridgehead atoms. The molecule has 32 heavy (non-hydrogen) atoms. The Morgan fingerprint density at radius 2 is 1.84 bits per heavy atom. The number of pyridine rings is 1. The Kier molecular flexibility index (Phi) is 6.23. The van der Waals surface area contributed by atoms with Crippen LogP contribution in [-0.4, -0.2) is 37.3 Å². The minimum absolute atomic E-state index is 0.372. The van der Waals surface area contributed by atoms with Crippen LogP contribution in [-0.2, 0) is 19.3 Å². The van der Waals surface area contributed by atoms with Gasteiger partial charge in [-0.15, -0.1) is 0 Å². The average Bonchev–Trinajstić information content (AvgIpc) is 2.99. The summed E-state index contributed by atoms with van der Waals surface area (Å²) in [4.78, 5) is 6.55. The normalized spacial score (nSPS) is 14.3. The first kappa shape index (κ1) is 22.0. The Labute approximate surface area is 184 Å². The summed E-state index contributed by atoms with van der Waals surface area (Å²) >= 11 is 0. The van der Waals surface area contributed by atoms with Gasteiger partial charge in [0.1, 0.15) is 6.61 Å². The molecule has 0 amide bonds. The van der Waals surface area contributed by atoms with Gasteiger partial charge in [-0.25, -0.2) is 4.98 Å². The molecule has 0 radical (unpaired) electrons. The molecule has 1 aliphatic heterocycles. The molecule has 0 unspecified atom stereocenters. The summed E-state index contributed by atoms with van der Waals surface area (Å²) in [6.07, 6.45) is -4.36. The summed E-state index contributed by atoms with van der Waals surface area (Å²) < 4.78 is 56.0. The molecule has 2 aromatic carbocycles. The van der Waals surface area contributed by atoms with Crippen LogP contribution >= 0.6 is 0 Å². The van der Waals surface area contributed by atoms with Crippen molar-refractivity contribution >= 4 is 0 Å². The van der Waals surface area contributed by atoms with E-state index in [0.717, 1.165) is 22.9 Å². The number of hydrogen-bond acceptors (Lipinski definition) is 5. The molecule has 3 aromatic rings. The van der Waals surface area contributed by atoms with Crippen LogP contribution < -0.4 is 14.2 Å². The first-order chi connectivity index (χ1) is 15.4. The Morgan fingerprint density at radius 1 is 1.03 bits per heavy atom. The van der Waals surface area contributed by atoms with E-state index in [1.807, 2.05) is 24.3 Å². The van der Waals surface area contributed by atoms with Crippen LogP contribution in [0.3, 0.4) is 0 Å². The minimum Gasteiger partial charge on any atom is -0.493 e. The molecular formula is C24H23F3N2O3. The fourth-order valence-electron chi connectivity index (χ4n) is 3.77. The lowest BCUT2D eigenvalue weighted by Crippen LogP contribution is -2.25. The van der Waals surface area contributed by atoms with Crippen molar-refractivity contribution in [3.05, 3.63) is 71.3 Å². The third-order valence-corrected chi connectivity index (χ3v) is 5.29. The van der Waals surface area contributed by atoms with Crippen LogP contribution in [0.2, 0.25) is 0 Å². The molecule has 168 valence electrons. The smallest absolute Gasteiger partial charge is 0.416 e. The van der Waals surface area contributed by atoms with Crippen LogP contribution in [0.25, 0.3) is 11.3 Å². The summed E-state index contributed by atoms with van der Waals surface area (Å²) in [5.74, 6) is 1.73. The lowest BCUT2D eigenvalue weighted by molar-refractivity contribution is -0.137. The van der Waals surface area contributed by atoms with Gasteiger partial charge in [0.25, 0.3) is 0 Å². The molecule has 0 saturated carbocycles. The highest BCUT2D eigenvalue weighted by atomic mass is 19.4. The van der Waals surface area contributed by atoms with E-state index >= 15 is 0 Å². The van der Waals surface area contributed by atoms with Gasteiger partial charge in [0.05, 0.1) is 25.5 Å². The second-order valence-corrected chi connectivity index (χ2v) is 7.49. The summed E-state index contributed by atoms with van der Waals surface area (Å²) in [6.45, 7) is 1.84. The lowest BCUT2D eigenvalue weighted by atomic mass is 10.0. The van der Waals surface area contributed by atoms with E-state index < -0.39 is 11.7 Å². The first-order valence-electron chi connectivity index (χ1n) is 10.1. The van der Waals surface area contributed by atoms with E-state index in [-0.39, 0.29) is 0 Å². The van der Waals surface area contributed by atoms with E-state index in [0.29, 0.717) is 49.2 Å². The quantitative estimate of drug-likeness (QED) is 0.543. The standard InChI is InChI=1S/C24H23F3N2O3/c1-30-21-13-17(20-7-4-8-22(28-20)31-2)12-18-15-29(9-10-32-23(18)21)14-16-5-3-6-19(11-16)24(25,26)27/h3-8,11-13H,9-10,14-15H2,1-2H3. The SMILES string of the molecule is COc1cccc(-c2cc3c(c(OC)c2)OCCN(Cc2cccc(C(F)(F)F)c2)C3)n1. The predicted octanol–water partition coefficient (Wildman–Crippen LogP) is 5.18. The van der Waals surface area contributed by atoms with Gasteiger partial charge in [0.15, 0.2) is 11.5 Å². The summed E-state index contributed by atoms with van der Waals surface area (Å²) in [5, 5.41) is 0. The second kappa shape index (κ2) is 9.08. The molecule has 0 atom stereocenters. The van der Waals surface area contributed by atoms with Crippen molar-refractivity contribution in [2.75, 3.05) is 27.4 Å². The number of halogens is 3. The van der Waals surface area contributed by atoms with E-state index in [1.54, 1.807) is 26.4 Å². The van der Waals surface area contributed by atoms with Gasteiger partial charge < -0.3 is 14.2 Å². The highest BCUT2D eigenvalue weighted by Crippen LogP contribution is 2.38. The van der Waals surface area contributed by atoms with E-state index in [2.05, 4.69) is 9.88 Å². The maximum Gasteiger partial charge on any atom is 0.416 e. The number of fused-ring (bicyclic) bond motifs is 1. The Bertz CT molecular complexity index is 1100. The van der Waals surface area contributed by atoms with Crippen molar-refractivity contribution in [3.63, 3.8) is 0 Å². The highest BCUT2D eigenvalue weighted by molar-refractivity contribution is 5.67. The number of hydrogen-bond donors (Lipinski definition) is 0. The van der Waals surface area contributed by atoms with Crippen LogP contribution in [0.5, 0.6) is 17.4 Å². The van der Waals surface area contributed by atoms with Crippen molar-refractivity contribution in [1.82, 2.24) is 9.88 Å². The van der Waals surface area contributed by atoms with Crippen LogP contribution in [0.4, 0.5) is 13.2 Å². The van der Waals surface area contributed by atoms with Gasteiger partial charge >= 0.3 is 6.18 Å². The van der Waals surface area contributed by atoms with Gasteiger partial charge in [-0.1, -0.05) is 24.3 Å². The van der Waals surface area contributed by atoms with Gasteiger partial charge in [0, 0.05) is 36.8 Å². The Hall–Kier alpha value is -3.26. The third kappa shape index (κ3) is 4.80. The summed E-state index contributed by atoms with van der Waals surface area (Å²) in [6, 6.07) is 14.8. The zero-order chi connectivity index (χ0) is 22.7. The fourth-order valence-corrected chi connectivity index (χ4v) is 3.77. The second-order valence-electron chi connectivity index (χ2n) is 7.49. The Morgan fingerprint density at radius 3 is 2.59 bits per heavy atom. The number of ether oxygens (including phenoxy) is 3. The number of methoxy groups -OCH3 is 2. The van der Waals surface area contributed by atoms with Crippen molar-refractivity contribution in [1.29, 1.82) is 0 Å². The molecule has 5 nitrogen and oxygen atoms in total. The molecule has 0 fully saturated rings. The summed E-state index contributed by atoms with van der Waals surface area (Å²) in [7, 11) is 3.14. The molecule has 0 saturated heterocycles. The van der Waals surface area contributed by atoms with Crippen LogP contribution in [0, 0.1) is 0 Å². The van der Waals surface area contributed by atoms with E-state index in [4.69, 9.17) is 14.2 Å². The number of benzene rings is 2. The van der Waals surface area contributed by atoms with E-state index in [9.17, 15) is 13.2 Å². The number of alkyl halides is 3. The van der Waals surface area contributed by atoms with Crippen LogP contribution in [0.1, 0.15) is 16.7 Å². The monoisotopic (exact) mass is 444 g/mol. The third-order valence-electron chi connectivity index (χ3n) is 5.29. The minimum atomic E-state index is -4.36. The average molecular weight is 444 g/mol. The van der Waals surface area contributed by atoms with Crippen molar-refractivity contribution in [2.24, 2.45) is 0 Å². The van der Waals surface area contributed by atoms with Crippen molar-refractivity contribution in [3.8, 4) is 28.6 Å². The molecular weight excluding hydrogens is 421 g/mol. The molecule has 0 spiro atoms. The van der Waals surface area contributed by atoms with Crippen molar-refractivity contribution in [2.45, 2.75) is 19.3 Å².